The van der Waals surface area contributed by atoms with Crippen molar-refractivity contribution in [3.05, 3.63) is 22.7 Å². The molecule has 3 rings (SSSR count). The Balaban J connectivity index is 1.72. The highest BCUT2D eigenvalue weighted by Crippen LogP contribution is 2.28. The molecule has 0 spiro atoms. The summed E-state index contributed by atoms with van der Waals surface area (Å²) in [5.74, 6) is 0.0158. The molecule has 5 nitrogen and oxygen atoms in total. The molecule has 0 unspecified atom stereocenters. The van der Waals surface area contributed by atoms with Crippen LogP contribution in [0.5, 0.6) is 0 Å². The fourth-order valence-corrected chi connectivity index (χ4v) is 3.61. The molecule has 3 heterocycles. The highest BCUT2D eigenvalue weighted by Gasteiger charge is 2.32. The van der Waals surface area contributed by atoms with E-state index in [2.05, 4.69) is 20.2 Å². The summed E-state index contributed by atoms with van der Waals surface area (Å²) in [6.45, 7) is 2.87. The molecule has 0 aliphatic carbocycles. The summed E-state index contributed by atoms with van der Waals surface area (Å²) in [4.78, 5) is 24.0. The first-order valence-electron chi connectivity index (χ1n) is 6.13. The number of amides is 1. The molecule has 2 aromatic rings. The van der Waals surface area contributed by atoms with Gasteiger partial charge in [-0.25, -0.2) is 9.97 Å². The van der Waals surface area contributed by atoms with Gasteiger partial charge in [-0.1, -0.05) is 0 Å². The van der Waals surface area contributed by atoms with E-state index < -0.39 is 0 Å². The Labute approximate surface area is 119 Å². The molecular formula is C12H14N4OS2. The molecule has 0 saturated carbocycles. The van der Waals surface area contributed by atoms with Crippen molar-refractivity contribution in [2.45, 2.75) is 25.8 Å². The molecule has 1 aliphatic heterocycles. The van der Waals surface area contributed by atoms with E-state index >= 15 is 0 Å². The summed E-state index contributed by atoms with van der Waals surface area (Å²) in [6.07, 6.45) is 5.44. The smallest absolute Gasteiger partial charge is 0.248 e. The lowest BCUT2D eigenvalue weighted by atomic mass is 10.2. The number of aromatic nitrogens is 2. The number of rotatable bonds is 3. The average molecular weight is 294 g/mol. The minimum Gasteiger partial charge on any atom is -0.336 e. The number of thiazole rings is 2. The second kappa shape index (κ2) is 5.26. The molecule has 0 aromatic carbocycles. The largest absolute Gasteiger partial charge is 0.336 e. The molecule has 2 aromatic heterocycles. The van der Waals surface area contributed by atoms with Gasteiger partial charge in [0.1, 0.15) is 6.04 Å². The number of nitrogens with zero attached hydrogens (tertiary/aromatic N) is 3. The normalized spacial score (nSPS) is 18.8. The van der Waals surface area contributed by atoms with Crippen LogP contribution in [0.15, 0.2) is 17.8 Å². The van der Waals surface area contributed by atoms with Crippen LogP contribution in [-0.2, 0) is 4.79 Å². The van der Waals surface area contributed by atoms with E-state index in [4.69, 9.17) is 0 Å². The van der Waals surface area contributed by atoms with Crippen LogP contribution >= 0.6 is 22.7 Å². The Morgan fingerprint density at radius 2 is 2.42 bits per heavy atom. The van der Waals surface area contributed by atoms with Gasteiger partial charge < -0.3 is 10.2 Å². The number of anilines is 2. The van der Waals surface area contributed by atoms with Crippen molar-refractivity contribution in [1.29, 1.82) is 0 Å². The Hall–Kier alpha value is -1.47. The lowest BCUT2D eigenvalue weighted by molar-refractivity contribution is -0.117. The Morgan fingerprint density at radius 3 is 3.11 bits per heavy atom. The molecule has 1 N–H and O–H groups in total. The third kappa shape index (κ3) is 2.62. The topological polar surface area (TPSA) is 58.1 Å². The Kier molecular flexibility index (Phi) is 3.48. The Morgan fingerprint density at radius 1 is 1.53 bits per heavy atom. The minimum atomic E-state index is -0.129. The van der Waals surface area contributed by atoms with Crippen molar-refractivity contribution in [2.24, 2.45) is 0 Å². The van der Waals surface area contributed by atoms with Gasteiger partial charge in [-0.3, -0.25) is 4.79 Å². The van der Waals surface area contributed by atoms with Crippen LogP contribution in [0.1, 0.15) is 17.7 Å². The van der Waals surface area contributed by atoms with Crippen molar-refractivity contribution < 1.29 is 4.79 Å². The number of hydrogen-bond acceptors (Lipinski definition) is 6. The van der Waals surface area contributed by atoms with Crippen molar-refractivity contribution >= 4 is 38.8 Å². The van der Waals surface area contributed by atoms with E-state index in [1.165, 1.54) is 11.3 Å². The van der Waals surface area contributed by atoms with Gasteiger partial charge in [0.15, 0.2) is 10.3 Å². The van der Waals surface area contributed by atoms with Crippen molar-refractivity contribution in [3.8, 4) is 0 Å². The van der Waals surface area contributed by atoms with Crippen molar-refractivity contribution in [1.82, 2.24) is 9.97 Å². The first-order chi connectivity index (χ1) is 9.24. The molecule has 7 heteroatoms. The number of carbonyl (C=O) groups excluding carboxylic acids is 1. The number of nitrogens with one attached hydrogen (secondary N) is 1. The monoisotopic (exact) mass is 294 g/mol. The van der Waals surface area contributed by atoms with E-state index in [1.54, 1.807) is 23.7 Å². The second-order valence-corrected chi connectivity index (χ2v) is 6.54. The third-order valence-electron chi connectivity index (χ3n) is 3.07. The summed E-state index contributed by atoms with van der Waals surface area (Å²) in [6, 6.07) is -0.129. The molecule has 19 heavy (non-hydrogen) atoms. The summed E-state index contributed by atoms with van der Waals surface area (Å²) in [5.41, 5.74) is 0. The fourth-order valence-electron chi connectivity index (χ4n) is 2.23. The van der Waals surface area contributed by atoms with Gasteiger partial charge in [0.2, 0.25) is 5.91 Å². The average Bonchev–Trinajstić information content (AvgIpc) is 3.07. The van der Waals surface area contributed by atoms with Crippen LogP contribution in [-0.4, -0.2) is 28.5 Å². The number of hydrogen-bond donors (Lipinski definition) is 1. The van der Waals surface area contributed by atoms with E-state index in [9.17, 15) is 4.79 Å². The van der Waals surface area contributed by atoms with Gasteiger partial charge in [-0.05, 0) is 19.8 Å². The molecule has 1 saturated heterocycles. The molecular weight excluding hydrogens is 280 g/mol. The van der Waals surface area contributed by atoms with Gasteiger partial charge in [0.25, 0.3) is 0 Å². The summed E-state index contributed by atoms with van der Waals surface area (Å²) in [5, 5.41) is 6.44. The fraction of sp³-hybridized carbons (Fsp3) is 0.417. The molecule has 1 aliphatic rings. The van der Waals surface area contributed by atoms with E-state index in [-0.39, 0.29) is 11.9 Å². The van der Waals surface area contributed by atoms with E-state index in [0.29, 0.717) is 5.13 Å². The first-order valence-corrected chi connectivity index (χ1v) is 7.83. The molecule has 1 atom stereocenters. The molecule has 1 amide bonds. The van der Waals surface area contributed by atoms with Gasteiger partial charge in [0.05, 0.1) is 0 Å². The molecule has 0 bridgehead atoms. The summed E-state index contributed by atoms with van der Waals surface area (Å²) >= 11 is 3.07. The minimum absolute atomic E-state index is 0.0158. The van der Waals surface area contributed by atoms with Gasteiger partial charge in [-0.15, -0.1) is 22.7 Å². The van der Waals surface area contributed by atoms with Crippen LogP contribution in [0.4, 0.5) is 10.3 Å². The highest BCUT2D eigenvalue weighted by atomic mass is 32.1. The maximum absolute atomic E-state index is 12.3. The van der Waals surface area contributed by atoms with Gasteiger partial charge in [0, 0.05) is 29.2 Å². The maximum atomic E-state index is 12.3. The standard InChI is InChI=1S/C12H14N4OS2/c1-8-7-14-11(19-8)15-10(17)9-3-2-5-16(9)12-13-4-6-18-12/h4,6-7,9H,2-3,5H2,1H3,(H,14,15,17)/t9-/m1/s1. The van der Waals surface area contributed by atoms with Gasteiger partial charge >= 0.3 is 0 Å². The van der Waals surface area contributed by atoms with E-state index in [0.717, 1.165) is 29.4 Å². The predicted molar refractivity (Wildman–Crippen MR) is 78.0 cm³/mol. The van der Waals surface area contributed by atoms with Crippen LogP contribution < -0.4 is 10.2 Å². The third-order valence-corrected chi connectivity index (χ3v) is 4.71. The maximum Gasteiger partial charge on any atom is 0.248 e. The van der Waals surface area contributed by atoms with Crippen LogP contribution in [0.25, 0.3) is 0 Å². The number of carbonyl (C=O) groups is 1. The molecule has 100 valence electrons. The van der Waals surface area contributed by atoms with E-state index in [1.807, 2.05) is 12.3 Å². The quantitative estimate of drug-likeness (QED) is 0.945. The molecule has 0 radical (unpaired) electrons. The van der Waals surface area contributed by atoms with Crippen LogP contribution in [0.2, 0.25) is 0 Å². The number of aryl methyl sites for hydroxylation is 1. The molecule has 1 fully saturated rings. The first kappa shape index (κ1) is 12.6. The van der Waals surface area contributed by atoms with Crippen LogP contribution in [0.3, 0.4) is 0 Å². The zero-order valence-electron chi connectivity index (χ0n) is 10.5. The SMILES string of the molecule is Cc1cnc(NC(=O)[C@H]2CCCN2c2nccs2)s1. The highest BCUT2D eigenvalue weighted by molar-refractivity contribution is 7.15. The predicted octanol–water partition coefficient (Wildman–Crippen LogP) is 2.52. The summed E-state index contributed by atoms with van der Waals surface area (Å²) < 4.78 is 0. The Bertz CT molecular complexity index is 566. The zero-order valence-corrected chi connectivity index (χ0v) is 12.1. The zero-order chi connectivity index (χ0) is 13.2. The van der Waals surface area contributed by atoms with Crippen molar-refractivity contribution in [3.63, 3.8) is 0 Å². The summed E-state index contributed by atoms with van der Waals surface area (Å²) in [7, 11) is 0. The second-order valence-electron chi connectivity index (χ2n) is 4.43. The lowest BCUT2D eigenvalue weighted by Gasteiger charge is -2.22. The van der Waals surface area contributed by atoms with Crippen molar-refractivity contribution in [2.75, 3.05) is 16.8 Å². The lowest BCUT2D eigenvalue weighted by Crippen LogP contribution is -2.39. The van der Waals surface area contributed by atoms with Gasteiger partial charge in [-0.2, -0.15) is 0 Å². The van der Waals surface area contributed by atoms with Crippen LogP contribution in [0, 0.1) is 6.92 Å².